The summed E-state index contributed by atoms with van der Waals surface area (Å²) in [6.07, 6.45) is 2.91. The van der Waals surface area contributed by atoms with Gasteiger partial charge >= 0.3 is 0 Å². The lowest BCUT2D eigenvalue weighted by molar-refractivity contribution is 0.232. The van der Waals surface area contributed by atoms with Crippen molar-refractivity contribution in [2.75, 3.05) is 13.6 Å². The first kappa shape index (κ1) is 16.0. The fourth-order valence-corrected chi connectivity index (χ4v) is 1.54. The van der Waals surface area contributed by atoms with Gasteiger partial charge in [0.1, 0.15) is 5.82 Å². The maximum absolute atomic E-state index is 12.9. The van der Waals surface area contributed by atoms with Crippen LogP contribution in [0.1, 0.15) is 19.4 Å². The maximum Gasteiger partial charge on any atom is 0.242 e. The fourth-order valence-electron chi connectivity index (χ4n) is 1.54. The quantitative estimate of drug-likeness (QED) is 0.503. The molecule has 1 aromatic carbocycles. The normalized spacial score (nSPS) is 13.3. The predicted octanol–water partition coefficient (Wildman–Crippen LogP) is 2.21. The molecular formula is C14H19FN4O. The Labute approximate surface area is 118 Å². The molecule has 0 radical (unpaired) electrons. The van der Waals surface area contributed by atoms with E-state index in [1.807, 2.05) is 19.3 Å². The first-order valence-corrected chi connectivity index (χ1v) is 6.15. The van der Waals surface area contributed by atoms with E-state index in [4.69, 9.17) is 5.21 Å². The monoisotopic (exact) mass is 278 g/mol. The number of hydrogen-bond acceptors (Lipinski definition) is 3. The molecular weight excluding hydrogens is 259 g/mol. The van der Waals surface area contributed by atoms with E-state index in [1.165, 1.54) is 24.6 Å². The third-order valence-electron chi connectivity index (χ3n) is 2.76. The van der Waals surface area contributed by atoms with Gasteiger partial charge in [0, 0.05) is 24.9 Å². The van der Waals surface area contributed by atoms with Gasteiger partial charge in [0.25, 0.3) is 0 Å². The topological polar surface area (TPSA) is 69.3 Å². The Kier molecular flexibility index (Phi) is 5.99. The van der Waals surface area contributed by atoms with Crippen LogP contribution in [0.3, 0.4) is 0 Å². The minimum absolute atomic E-state index is 0.0973. The fraction of sp³-hybridized carbons (Fsp3) is 0.357. The molecule has 0 saturated carbocycles. The Morgan fingerprint density at radius 2 is 1.95 bits per heavy atom. The molecule has 0 spiro atoms. The molecule has 0 saturated heterocycles. The Balaban J connectivity index is 2.81. The van der Waals surface area contributed by atoms with Crippen molar-refractivity contribution >= 4 is 18.4 Å². The van der Waals surface area contributed by atoms with E-state index < -0.39 is 0 Å². The van der Waals surface area contributed by atoms with Gasteiger partial charge in [-0.25, -0.2) is 19.9 Å². The summed E-state index contributed by atoms with van der Waals surface area (Å²) >= 11 is 0. The van der Waals surface area contributed by atoms with Crippen LogP contribution in [0.25, 0.3) is 0 Å². The zero-order valence-electron chi connectivity index (χ0n) is 11.8. The number of aliphatic imine (C=N–C) groups is 3. The molecule has 0 aromatic heterocycles. The smallest absolute Gasteiger partial charge is 0.242 e. The summed E-state index contributed by atoms with van der Waals surface area (Å²) in [5.74, 6) is -0.172. The summed E-state index contributed by atoms with van der Waals surface area (Å²) in [5.41, 5.74) is 2.58. The molecule has 20 heavy (non-hydrogen) atoms. The molecule has 0 atom stereocenters. The lowest BCUT2D eigenvalue weighted by Crippen LogP contribution is -2.25. The lowest BCUT2D eigenvalue weighted by atomic mass is 9.85. The zero-order valence-corrected chi connectivity index (χ0v) is 11.8. The highest BCUT2D eigenvalue weighted by atomic mass is 19.1. The van der Waals surface area contributed by atoms with Crippen LogP contribution >= 0.6 is 0 Å². The van der Waals surface area contributed by atoms with Crippen molar-refractivity contribution in [2.24, 2.45) is 15.0 Å². The molecule has 1 rings (SSSR count). The number of benzene rings is 1. The third kappa shape index (κ3) is 4.89. The Hall–Kier alpha value is -2.08. The first-order chi connectivity index (χ1) is 9.49. The molecule has 108 valence electrons. The second-order valence-corrected chi connectivity index (χ2v) is 4.83. The minimum atomic E-state index is -0.301. The van der Waals surface area contributed by atoms with Gasteiger partial charge in [0.2, 0.25) is 5.96 Å². The first-order valence-electron chi connectivity index (χ1n) is 6.15. The van der Waals surface area contributed by atoms with Crippen LogP contribution in [0.2, 0.25) is 0 Å². The predicted molar refractivity (Wildman–Crippen MR) is 79.6 cm³/mol. The van der Waals surface area contributed by atoms with Crippen molar-refractivity contribution < 1.29 is 9.60 Å². The minimum Gasteiger partial charge on any atom is -0.295 e. The van der Waals surface area contributed by atoms with E-state index in [-0.39, 0.29) is 17.2 Å². The summed E-state index contributed by atoms with van der Waals surface area (Å²) in [5, 5.41) is 8.94. The molecule has 0 aliphatic carbocycles. The number of nitrogens with zero attached hydrogens (tertiary/aromatic N) is 3. The highest BCUT2D eigenvalue weighted by Gasteiger charge is 2.20. The molecule has 0 aliphatic heterocycles. The SMILES string of the molecule is CN=CC=NC(=NCC(C)(C)c1ccc(F)cc1)NO. The second kappa shape index (κ2) is 7.49. The molecule has 0 amide bonds. The summed E-state index contributed by atoms with van der Waals surface area (Å²) in [7, 11) is 1.62. The van der Waals surface area contributed by atoms with E-state index >= 15 is 0 Å². The number of nitrogens with one attached hydrogen (secondary N) is 1. The Morgan fingerprint density at radius 3 is 2.50 bits per heavy atom. The van der Waals surface area contributed by atoms with E-state index in [9.17, 15) is 4.39 Å². The summed E-state index contributed by atoms with van der Waals surface area (Å²) < 4.78 is 12.9. The summed E-state index contributed by atoms with van der Waals surface area (Å²) in [4.78, 5) is 11.8. The van der Waals surface area contributed by atoms with Crippen molar-refractivity contribution in [2.45, 2.75) is 19.3 Å². The van der Waals surface area contributed by atoms with Crippen LogP contribution < -0.4 is 5.48 Å². The van der Waals surface area contributed by atoms with Gasteiger partial charge in [-0.1, -0.05) is 26.0 Å². The molecule has 0 bridgehead atoms. The van der Waals surface area contributed by atoms with Crippen molar-refractivity contribution in [3.8, 4) is 0 Å². The highest BCUT2D eigenvalue weighted by molar-refractivity contribution is 6.18. The number of hydroxylamine groups is 1. The molecule has 0 heterocycles. The number of halogens is 1. The van der Waals surface area contributed by atoms with Crippen molar-refractivity contribution in [3.05, 3.63) is 35.6 Å². The average molecular weight is 278 g/mol. The van der Waals surface area contributed by atoms with Gasteiger partial charge in [-0.05, 0) is 17.7 Å². The Morgan fingerprint density at radius 1 is 1.30 bits per heavy atom. The number of rotatable bonds is 4. The molecule has 1 aromatic rings. The number of hydrogen-bond donors (Lipinski definition) is 2. The lowest BCUT2D eigenvalue weighted by Gasteiger charge is -2.23. The van der Waals surface area contributed by atoms with E-state index in [0.717, 1.165) is 5.56 Å². The van der Waals surface area contributed by atoms with E-state index in [1.54, 1.807) is 19.2 Å². The van der Waals surface area contributed by atoms with Gasteiger partial charge < -0.3 is 0 Å². The van der Waals surface area contributed by atoms with Crippen LogP contribution in [0.5, 0.6) is 0 Å². The van der Waals surface area contributed by atoms with Crippen LogP contribution in [0.4, 0.5) is 4.39 Å². The maximum atomic E-state index is 12.9. The standard InChI is InChI=1S/C14H19FN4O/c1-14(2,11-4-6-12(15)7-5-11)10-18-13(19-20)17-9-8-16-3/h4-9,20H,10H2,1-3H3,(H,18,19). The van der Waals surface area contributed by atoms with Crippen LogP contribution in [0.15, 0.2) is 39.2 Å². The molecule has 0 fully saturated rings. The summed E-state index contributed by atoms with van der Waals surface area (Å²) in [6, 6.07) is 6.29. The molecule has 5 nitrogen and oxygen atoms in total. The van der Waals surface area contributed by atoms with Crippen molar-refractivity contribution in [3.63, 3.8) is 0 Å². The van der Waals surface area contributed by atoms with E-state index in [2.05, 4.69) is 15.0 Å². The largest absolute Gasteiger partial charge is 0.295 e. The van der Waals surface area contributed by atoms with Gasteiger partial charge in [0.15, 0.2) is 0 Å². The van der Waals surface area contributed by atoms with Crippen LogP contribution in [-0.2, 0) is 5.41 Å². The van der Waals surface area contributed by atoms with Gasteiger partial charge in [-0.15, -0.1) is 0 Å². The summed E-state index contributed by atoms with van der Waals surface area (Å²) in [6.45, 7) is 4.36. The van der Waals surface area contributed by atoms with Crippen molar-refractivity contribution in [1.29, 1.82) is 0 Å². The van der Waals surface area contributed by atoms with Gasteiger partial charge in [0.05, 0.1) is 6.54 Å². The molecule has 0 aliphatic rings. The molecule has 6 heteroatoms. The molecule has 0 unspecified atom stereocenters. The zero-order chi connectivity index (χ0) is 15.0. The van der Waals surface area contributed by atoms with Crippen LogP contribution in [-0.4, -0.2) is 37.2 Å². The van der Waals surface area contributed by atoms with Gasteiger partial charge in [-0.2, -0.15) is 0 Å². The third-order valence-corrected chi connectivity index (χ3v) is 2.76. The van der Waals surface area contributed by atoms with Crippen LogP contribution in [0, 0.1) is 5.82 Å². The van der Waals surface area contributed by atoms with E-state index in [0.29, 0.717) is 6.54 Å². The molecule has 2 N–H and O–H groups in total. The second-order valence-electron chi connectivity index (χ2n) is 4.83. The Bertz CT molecular complexity index is 506. The highest BCUT2D eigenvalue weighted by Crippen LogP contribution is 2.23. The van der Waals surface area contributed by atoms with Crippen molar-refractivity contribution in [1.82, 2.24) is 5.48 Å². The number of guanidine groups is 1. The average Bonchev–Trinajstić information content (AvgIpc) is 2.43. The van der Waals surface area contributed by atoms with Gasteiger partial charge in [-0.3, -0.25) is 10.2 Å².